The first kappa shape index (κ1) is 13.9. The minimum Gasteiger partial charge on any atom is -0.497 e. The Labute approximate surface area is 131 Å². The molecule has 0 saturated carbocycles. The maximum atomic E-state index is 12.2. The lowest BCUT2D eigenvalue weighted by atomic mass is 9.99. The standard InChI is InChI=1S/C17H14BrNO2/c1-10-14(18)7-8-15-16(10)13(17(20)19-15)9-11-3-5-12(21-2)6-4-11/h3-9H,1-2H3,(H,19,20). The van der Waals surface area contributed by atoms with Crippen molar-refractivity contribution in [2.24, 2.45) is 0 Å². The fourth-order valence-electron chi connectivity index (χ4n) is 2.45. The van der Waals surface area contributed by atoms with Gasteiger partial charge in [0, 0.05) is 21.3 Å². The first-order chi connectivity index (χ1) is 10.1. The fraction of sp³-hybridized carbons (Fsp3) is 0.118. The minimum absolute atomic E-state index is 0.0676. The van der Waals surface area contributed by atoms with E-state index in [2.05, 4.69) is 21.2 Å². The molecule has 0 spiro atoms. The molecule has 1 N–H and O–H groups in total. The molecule has 106 valence electrons. The van der Waals surface area contributed by atoms with Gasteiger partial charge in [-0.1, -0.05) is 28.1 Å². The molecule has 0 aliphatic carbocycles. The number of carbonyl (C=O) groups is 1. The van der Waals surface area contributed by atoms with Crippen LogP contribution in [0.2, 0.25) is 0 Å². The maximum Gasteiger partial charge on any atom is 0.256 e. The molecule has 2 aromatic carbocycles. The molecule has 1 amide bonds. The highest BCUT2D eigenvalue weighted by Crippen LogP contribution is 2.38. The summed E-state index contributed by atoms with van der Waals surface area (Å²) in [7, 11) is 1.63. The molecule has 1 aliphatic rings. The van der Waals surface area contributed by atoms with Gasteiger partial charge in [-0.2, -0.15) is 0 Å². The summed E-state index contributed by atoms with van der Waals surface area (Å²) in [6.45, 7) is 2.01. The summed E-state index contributed by atoms with van der Waals surface area (Å²) in [6.07, 6.45) is 1.90. The zero-order valence-corrected chi connectivity index (χ0v) is 13.3. The average molecular weight is 344 g/mol. The molecule has 1 heterocycles. The number of carbonyl (C=O) groups excluding carboxylic acids is 1. The Hall–Kier alpha value is -2.07. The maximum absolute atomic E-state index is 12.2. The molecule has 2 aromatic rings. The number of anilines is 1. The van der Waals surface area contributed by atoms with Gasteiger partial charge in [-0.15, -0.1) is 0 Å². The zero-order valence-electron chi connectivity index (χ0n) is 11.7. The summed E-state index contributed by atoms with van der Waals surface area (Å²) in [5.74, 6) is 0.731. The van der Waals surface area contributed by atoms with E-state index < -0.39 is 0 Å². The van der Waals surface area contributed by atoms with Gasteiger partial charge in [-0.3, -0.25) is 4.79 Å². The van der Waals surface area contributed by atoms with E-state index in [1.165, 1.54) is 0 Å². The van der Waals surface area contributed by atoms with Crippen LogP contribution in [0.4, 0.5) is 5.69 Å². The van der Waals surface area contributed by atoms with Gasteiger partial charge < -0.3 is 10.1 Å². The molecule has 0 saturated heterocycles. The van der Waals surface area contributed by atoms with Crippen molar-refractivity contribution in [3.63, 3.8) is 0 Å². The van der Waals surface area contributed by atoms with Gasteiger partial charge >= 0.3 is 0 Å². The Balaban J connectivity index is 2.09. The number of hydrogen-bond donors (Lipinski definition) is 1. The van der Waals surface area contributed by atoms with E-state index >= 15 is 0 Å². The molecule has 0 bridgehead atoms. The van der Waals surface area contributed by atoms with Gasteiger partial charge in [0.15, 0.2) is 0 Å². The first-order valence-electron chi connectivity index (χ1n) is 6.56. The molecule has 21 heavy (non-hydrogen) atoms. The number of ether oxygens (including phenoxy) is 1. The van der Waals surface area contributed by atoms with E-state index in [-0.39, 0.29) is 5.91 Å². The van der Waals surface area contributed by atoms with Crippen molar-refractivity contribution < 1.29 is 9.53 Å². The van der Waals surface area contributed by atoms with Gasteiger partial charge in [0.1, 0.15) is 5.75 Å². The highest BCUT2D eigenvalue weighted by molar-refractivity contribution is 9.10. The van der Waals surface area contributed by atoms with Crippen LogP contribution in [0.3, 0.4) is 0 Å². The van der Waals surface area contributed by atoms with E-state index in [1.807, 2.05) is 49.4 Å². The normalized spacial score (nSPS) is 15.0. The van der Waals surface area contributed by atoms with Crippen LogP contribution in [0.1, 0.15) is 16.7 Å². The average Bonchev–Trinajstić information content (AvgIpc) is 2.81. The third-order valence-electron chi connectivity index (χ3n) is 3.59. The number of halogens is 1. The van der Waals surface area contributed by atoms with E-state index in [9.17, 15) is 4.79 Å². The Morgan fingerprint density at radius 2 is 1.86 bits per heavy atom. The lowest BCUT2D eigenvalue weighted by Crippen LogP contribution is -2.03. The third-order valence-corrected chi connectivity index (χ3v) is 4.45. The van der Waals surface area contributed by atoms with Crippen LogP contribution in [-0.2, 0) is 4.79 Å². The second kappa shape index (κ2) is 5.37. The first-order valence-corrected chi connectivity index (χ1v) is 7.36. The van der Waals surface area contributed by atoms with Gasteiger partial charge in [0.25, 0.3) is 5.91 Å². The zero-order chi connectivity index (χ0) is 15.0. The number of hydrogen-bond acceptors (Lipinski definition) is 2. The van der Waals surface area contributed by atoms with E-state index in [0.29, 0.717) is 5.57 Å². The van der Waals surface area contributed by atoms with Gasteiger partial charge in [0.05, 0.1) is 7.11 Å². The Kier molecular flexibility index (Phi) is 3.55. The van der Waals surface area contributed by atoms with Crippen LogP contribution >= 0.6 is 15.9 Å². The second-order valence-corrected chi connectivity index (χ2v) is 5.73. The van der Waals surface area contributed by atoms with E-state index in [0.717, 1.165) is 32.6 Å². The Morgan fingerprint density at radius 3 is 2.52 bits per heavy atom. The third kappa shape index (κ3) is 2.47. The summed E-state index contributed by atoms with van der Waals surface area (Å²) in [4.78, 5) is 12.2. The largest absolute Gasteiger partial charge is 0.497 e. The summed E-state index contributed by atoms with van der Waals surface area (Å²) in [5.41, 5.74) is 4.54. The van der Waals surface area contributed by atoms with Gasteiger partial charge in [-0.05, 0) is 48.4 Å². The van der Waals surface area contributed by atoms with Crippen molar-refractivity contribution in [1.82, 2.24) is 0 Å². The quantitative estimate of drug-likeness (QED) is 0.827. The Morgan fingerprint density at radius 1 is 1.14 bits per heavy atom. The van der Waals surface area contributed by atoms with Crippen molar-refractivity contribution in [3.05, 3.63) is 57.6 Å². The topological polar surface area (TPSA) is 38.3 Å². The molecule has 3 rings (SSSR count). The molecule has 1 aliphatic heterocycles. The lowest BCUT2D eigenvalue weighted by Gasteiger charge is -2.06. The summed E-state index contributed by atoms with van der Waals surface area (Å²) < 4.78 is 6.14. The second-order valence-electron chi connectivity index (χ2n) is 4.88. The molecule has 0 aromatic heterocycles. The molecule has 0 atom stereocenters. The summed E-state index contributed by atoms with van der Waals surface area (Å²) in [6, 6.07) is 11.5. The van der Waals surface area contributed by atoms with Crippen LogP contribution in [0.15, 0.2) is 40.9 Å². The van der Waals surface area contributed by atoms with Crippen molar-refractivity contribution in [3.8, 4) is 5.75 Å². The highest BCUT2D eigenvalue weighted by Gasteiger charge is 2.26. The van der Waals surface area contributed by atoms with Crippen LogP contribution in [0.5, 0.6) is 5.75 Å². The molecule has 4 heteroatoms. The molecule has 0 radical (unpaired) electrons. The number of rotatable bonds is 2. The van der Waals surface area contributed by atoms with Crippen LogP contribution < -0.4 is 10.1 Å². The van der Waals surface area contributed by atoms with Crippen LogP contribution in [0.25, 0.3) is 11.6 Å². The highest BCUT2D eigenvalue weighted by atomic mass is 79.9. The molecular weight excluding hydrogens is 330 g/mol. The number of amides is 1. The summed E-state index contributed by atoms with van der Waals surface area (Å²) >= 11 is 3.52. The predicted octanol–water partition coefficient (Wildman–Crippen LogP) is 4.26. The molecule has 3 nitrogen and oxygen atoms in total. The number of methoxy groups -OCH3 is 1. The van der Waals surface area contributed by atoms with Gasteiger partial charge in [0.2, 0.25) is 0 Å². The van der Waals surface area contributed by atoms with E-state index in [1.54, 1.807) is 7.11 Å². The number of benzene rings is 2. The fourth-order valence-corrected chi connectivity index (χ4v) is 2.78. The minimum atomic E-state index is -0.0676. The molecular formula is C17H14BrNO2. The smallest absolute Gasteiger partial charge is 0.256 e. The monoisotopic (exact) mass is 343 g/mol. The lowest BCUT2D eigenvalue weighted by molar-refractivity contribution is -0.110. The van der Waals surface area contributed by atoms with Crippen molar-refractivity contribution in [2.45, 2.75) is 6.92 Å². The predicted molar refractivity (Wildman–Crippen MR) is 88.4 cm³/mol. The van der Waals surface area contributed by atoms with Crippen molar-refractivity contribution in [2.75, 3.05) is 12.4 Å². The number of nitrogens with one attached hydrogen (secondary N) is 1. The Bertz CT molecular complexity index is 748. The summed E-state index contributed by atoms with van der Waals surface area (Å²) in [5, 5.41) is 2.91. The van der Waals surface area contributed by atoms with Crippen LogP contribution in [0, 0.1) is 6.92 Å². The van der Waals surface area contributed by atoms with Crippen molar-refractivity contribution >= 4 is 39.2 Å². The van der Waals surface area contributed by atoms with Gasteiger partial charge in [-0.25, -0.2) is 0 Å². The molecule has 0 unspecified atom stereocenters. The number of fused-ring (bicyclic) bond motifs is 1. The SMILES string of the molecule is COc1ccc(C=C2C(=O)Nc3ccc(Br)c(C)c32)cc1. The van der Waals surface area contributed by atoms with Crippen molar-refractivity contribution in [1.29, 1.82) is 0 Å². The van der Waals surface area contributed by atoms with E-state index in [4.69, 9.17) is 4.74 Å². The van der Waals surface area contributed by atoms with Crippen LogP contribution in [-0.4, -0.2) is 13.0 Å². The molecule has 0 fully saturated rings.